The minimum atomic E-state index is -3.29. The van der Waals surface area contributed by atoms with Gasteiger partial charge in [-0.25, -0.2) is 8.42 Å². The molecule has 0 heterocycles. The second kappa shape index (κ2) is 4.47. The van der Waals surface area contributed by atoms with Crippen molar-refractivity contribution in [2.24, 2.45) is 0 Å². The van der Waals surface area contributed by atoms with Crippen molar-refractivity contribution in [3.05, 3.63) is 12.3 Å². The van der Waals surface area contributed by atoms with Crippen LogP contribution in [0.2, 0.25) is 0 Å². The summed E-state index contributed by atoms with van der Waals surface area (Å²) in [6.07, 6.45) is 0. The van der Waals surface area contributed by atoms with E-state index in [-0.39, 0.29) is 0 Å². The number of nitrogens with one attached hydrogen (secondary N) is 1. The second-order valence-electron chi connectivity index (χ2n) is 1.99. The third-order valence-electron chi connectivity index (χ3n) is 0.775. The third kappa shape index (κ3) is 4.12. The van der Waals surface area contributed by atoms with Gasteiger partial charge < -0.3 is 0 Å². The van der Waals surface area contributed by atoms with Crippen LogP contribution in [0.15, 0.2) is 12.3 Å². The van der Waals surface area contributed by atoms with E-state index in [0.717, 1.165) is 0 Å². The molecule has 1 atom stereocenters. The van der Waals surface area contributed by atoms with Crippen LogP contribution >= 0.6 is 31.9 Å². The molecular formula is C5H9Br2NO2S. The average molecular weight is 307 g/mol. The predicted octanol–water partition coefficient (Wildman–Crippen LogP) is 1.56. The van der Waals surface area contributed by atoms with Gasteiger partial charge in [0.25, 0.3) is 0 Å². The summed E-state index contributed by atoms with van der Waals surface area (Å²) in [5.41, 5.74) is 0.412. The molecule has 1 unspecified atom stereocenters. The van der Waals surface area contributed by atoms with Gasteiger partial charge in [-0.15, -0.1) is 0 Å². The van der Waals surface area contributed by atoms with Crippen molar-refractivity contribution in [2.75, 3.05) is 5.33 Å². The number of sulfonamides is 1. The smallest absolute Gasteiger partial charge is 0.246 e. The highest BCUT2D eigenvalue weighted by atomic mass is 79.9. The Balaban J connectivity index is 4.35. The van der Waals surface area contributed by atoms with E-state index < -0.39 is 14.2 Å². The second-order valence-corrected chi connectivity index (χ2v) is 6.21. The maximum atomic E-state index is 11.1. The van der Waals surface area contributed by atoms with Crippen LogP contribution in [0.3, 0.4) is 0 Å². The summed E-state index contributed by atoms with van der Waals surface area (Å²) in [6.45, 7) is 5.02. The zero-order chi connectivity index (χ0) is 9.07. The average Bonchev–Trinajstić information content (AvgIpc) is 1.83. The van der Waals surface area contributed by atoms with E-state index in [9.17, 15) is 8.42 Å². The van der Waals surface area contributed by atoms with Crippen LogP contribution in [-0.2, 0) is 10.0 Å². The number of alkyl halides is 2. The lowest BCUT2D eigenvalue weighted by Crippen LogP contribution is -2.30. The van der Waals surface area contributed by atoms with E-state index in [1.165, 1.54) is 0 Å². The van der Waals surface area contributed by atoms with Crippen LogP contribution in [0.25, 0.3) is 0 Å². The normalized spacial score (nSPS) is 14.1. The summed E-state index contributed by atoms with van der Waals surface area (Å²) >= 11 is 6.03. The zero-order valence-corrected chi connectivity index (χ0v) is 9.96. The Morgan fingerprint density at radius 2 is 2.18 bits per heavy atom. The molecule has 6 heteroatoms. The molecule has 0 fully saturated rings. The lowest BCUT2D eigenvalue weighted by Gasteiger charge is -2.09. The highest BCUT2D eigenvalue weighted by molar-refractivity contribution is 9.13. The van der Waals surface area contributed by atoms with Crippen LogP contribution < -0.4 is 4.72 Å². The molecular weight excluding hydrogens is 298 g/mol. The number of rotatable bonds is 4. The van der Waals surface area contributed by atoms with Crippen LogP contribution in [0, 0.1) is 0 Å². The fourth-order valence-electron chi connectivity index (χ4n) is 0.390. The molecule has 0 spiro atoms. The molecule has 66 valence electrons. The number of halogens is 2. The summed E-state index contributed by atoms with van der Waals surface area (Å²) in [5.74, 6) is 0. The van der Waals surface area contributed by atoms with Gasteiger partial charge in [0.2, 0.25) is 10.0 Å². The standard InChI is InChI=1S/C5H9Br2NO2S/c1-4(2)8-11(9,10)5(7)3-6/h5,8H,1,3H2,2H3. The molecule has 0 aliphatic rings. The maximum absolute atomic E-state index is 11.1. The zero-order valence-electron chi connectivity index (χ0n) is 5.97. The van der Waals surface area contributed by atoms with Crippen LogP contribution in [0.1, 0.15) is 6.92 Å². The van der Waals surface area contributed by atoms with Crippen molar-refractivity contribution in [1.82, 2.24) is 4.72 Å². The molecule has 0 aliphatic carbocycles. The van der Waals surface area contributed by atoms with Crippen molar-refractivity contribution in [3.8, 4) is 0 Å². The van der Waals surface area contributed by atoms with Gasteiger partial charge >= 0.3 is 0 Å². The molecule has 0 radical (unpaired) electrons. The van der Waals surface area contributed by atoms with Gasteiger partial charge in [0.15, 0.2) is 0 Å². The Kier molecular flexibility index (Phi) is 4.65. The molecule has 3 nitrogen and oxygen atoms in total. The van der Waals surface area contributed by atoms with E-state index in [1.54, 1.807) is 6.92 Å². The van der Waals surface area contributed by atoms with Crippen molar-refractivity contribution in [2.45, 2.75) is 11.1 Å². The first-order chi connectivity index (χ1) is 4.90. The highest BCUT2D eigenvalue weighted by Gasteiger charge is 2.20. The fraction of sp³-hybridized carbons (Fsp3) is 0.600. The number of hydrogen-bond donors (Lipinski definition) is 1. The molecule has 0 saturated carbocycles. The largest absolute Gasteiger partial charge is 0.287 e. The van der Waals surface area contributed by atoms with Gasteiger partial charge in [-0.05, 0) is 6.92 Å². The van der Waals surface area contributed by atoms with E-state index in [4.69, 9.17) is 0 Å². The Morgan fingerprint density at radius 1 is 1.73 bits per heavy atom. The van der Waals surface area contributed by atoms with Gasteiger partial charge in [-0.1, -0.05) is 38.4 Å². The monoisotopic (exact) mass is 305 g/mol. The van der Waals surface area contributed by atoms with Gasteiger partial charge in [0, 0.05) is 11.0 Å². The van der Waals surface area contributed by atoms with E-state index in [1.807, 2.05) is 0 Å². The van der Waals surface area contributed by atoms with Crippen LogP contribution in [0.4, 0.5) is 0 Å². The Hall–Kier alpha value is 0.450. The SMILES string of the molecule is C=C(C)NS(=O)(=O)C(Br)CBr. The summed E-state index contributed by atoms with van der Waals surface area (Å²) in [4.78, 5) is 0. The van der Waals surface area contributed by atoms with Gasteiger partial charge in [-0.3, -0.25) is 4.72 Å². The summed E-state index contributed by atoms with van der Waals surface area (Å²) in [6, 6.07) is 0. The van der Waals surface area contributed by atoms with E-state index in [0.29, 0.717) is 11.0 Å². The van der Waals surface area contributed by atoms with Crippen molar-refractivity contribution in [3.63, 3.8) is 0 Å². The highest BCUT2D eigenvalue weighted by Crippen LogP contribution is 2.11. The summed E-state index contributed by atoms with van der Waals surface area (Å²) < 4.78 is 23.9. The van der Waals surface area contributed by atoms with Crippen molar-refractivity contribution < 1.29 is 8.42 Å². The molecule has 0 amide bonds. The summed E-state index contributed by atoms with van der Waals surface area (Å²) in [7, 11) is -3.29. The maximum Gasteiger partial charge on any atom is 0.246 e. The summed E-state index contributed by atoms with van der Waals surface area (Å²) in [5, 5.41) is 0.343. The van der Waals surface area contributed by atoms with Crippen molar-refractivity contribution in [1.29, 1.82) is 0 Å². The molecule has 0 aromatic rings. The van der Waals surface area contributed by atoms with E-state index in [2.05, 4.69) is 43.2 Å². The fourth-order valence-corrected chi connectivity index (χ4v) is 2.49. The van der Waals surface area contributed by atoms with E-state index >= 15 is 0 Å². The number of hydrogen-bond acceptors (Lipinski definition) is 2. The van der Waals surface area contributed by atoms with Gasteiger partial charge in [-0.2, -0.15) is 0 Å². The van der Waals surface area contributed by atoms with Crippen LogP contribution in [0.5, 0.6) is 0 Å². The molecule has 0 rings (SSSR count). The first kappa shape index (κ1) is 11.4. The minimum absolute atomic E-state index is 0.343. The quantitative estimate of drug-likeness (QED) is 0.801. The lowest BCUT2D eigenvalue weighted by atomic mass is 10.6. The minimum Gasteiger partial charge on any atom is -0.287 e. The van der Waals surface area contributed by atoms with Crippen LogP contribution in [-0.4, -0.2) is 17.9 Å². The third-order valence-corrected chi connectivity index (χ3v) is 5.99. The Bertz CT molecular complexity index is 237. The lowest BCUT2D eigenvalue weighted by molar-refractivity contribution is 0.588. The van der Waals surface area contributed by atoms with Crippen molar-refractivity contribution >= 4 is 41.9 Å². The Morgan fingerprint density at radius 3 is 2.45 bits per heavy atom. The first-order valence-electron chi connectivity index (χ1n) is 2.77. The molecule has 0 aromatic heterocycles. The molecule has 0 bridgehead atoms. The molecule has 1 N–H and O–H groups in total. The predicted molar refractivity (Wildman–Crippen MR) is 53.4 cm³/mol. The topological polar surface area (TPSA) is 46.2 Å². The molecule has 0 aromatic carbocycles. The van der Waals surface area contributed by atoms with Gasteiger partial charge in [0.1, 0.15) is 4.16 Å². The molecule has 11 heavy (non-hydrogen) atoms. The molecule has 0 saturated heterocycles. The Labute approximate surface area is 83.6 Å². The van der Waals surface area contributed by atoms with Gasteiger partial charge in [0.05, 0.1) is 0 Å². The number of allylic oxidation sites excluding steroid dienone is 1. The molecule has 0 aliphatic heterocycles. The first-order valence-corrected chi connectivity index (χ1v) is 6.35.